The van der Waals surface area contributed by atoms with Crippen LogP contribution in [-0.2, 0) is 10.0 Å². The van der Waals surface area contributed by atoms with Crippen molar-refractivity contribution in [3.05, 3.63) is 41.6 Å². The first-order valence-corrected chi connectivity index (χ1v) is 5.92. The van der Waals surface area contributed by atoms with Crippen molar-refractivity contribution in [1.29, 1.82) is 0 Å². The maximum absolute atomic E-state index is 11.4. The van der Waals surface area contributed by atoms with E-state index in [9.17, 15) is 8.42 Å². The summed E-state index contributed by atoms with van der Waals surface area (Å²) in [5.41, 5.74) is 0.771. The molecule has 0 radical (unpaired) electrons. The van der Waals surface area contributed by atoms with Gasteiger partial charge in [0.05, 0.1) is 6.20 Å². The van der Waals surface area contributed by atoms with Crippen LogP contribution in [0, 0.1) is 0 Å². The van der Waals surface area contributed by atoms with Crippen LogP contribution in [0.4, 0.5) is 0 Å². The topological polar surface area (TPSA) is 74.3 Å². The third-order valence-corrected chi connectivity index (χ3v) is 3.46. The van der Waals surface area contributed by atoms with Gasteiger partial charge in [-0.1, -0.05) is 0 Å². The molecule has 0 spiro atoms. The Morgan fingerprint density at radius 2 is 1.94 bits per heavy atom. The second kappa shape index (κ2) is 4.07. The lowest BCUT2D eigenvalue weighted by molar-refractivity contribution is 0.572. The summed E-state index contributed by atoms with van der Waals surface area (Å²) in [6.45, 7) is 0. The van der Waals surface area contributed by atoms with Gasteiger partial charge in [-0.3, -0.25) is 0 Å². The Morgan fingerprint density at radius 1 is 1.25 bits per heavy atom. The van der Waals surface area contributed by atoms with Gasteiger partial charge in [0.15, 0.2) is 12.2 Å². The average Bonchev–Trinajstić information content (AvgIpc) is 2.83. The summed E-state index contributed by atoms with van der Waals surface area (Å²) in [5, 5.41) is 0. The van der Waals surface area contributed by atoms with Gasteiger partial charge in [0.2, 0.25) is 0 Å². The molecule has 0 atom stereocenters. The Balaban J connectivity index is 2.38. The van der Waals surface area contributed by atoms with Crippen LogP contribution >= 0.6 is 0 Å². The molecule has 1 aromatic heterocycles. The smallest absolute Gasteiger partial charge is 0.181 e. The van der Waals surface area contributed by atoms with E-state index in [1.54, 1.807) is 18.3 Å². The second-order valence-electron chi connectivity index (χ2n) is 3.05. The molecule has 2 aromatic rings. The molecule has 0 fully saturated rings. The maximum atomic E-state index is 11.4. The quantitative estimate of drug-likeness (QED) is 0.818. The van der Waals surface area contributed by atoms with Gasteiger partial charge in [-0.2, -0.15) is 7.05 Å². The molecule has 16 heavy (non-hydrogen) atoms. The number of rotatable bonds is 3. The molecule has 0 aliphatic carbocycles. The first-order valence-electron chi connectivity index (χ1n) is 4.48. The van der Waals surface area contributed by atoms with Crippen LogP contribution < -0.4 is 0 Å². The zero-order valence-corrected chi connectivity index (χ0v) is 9.31. The molecule has 0 aliphatic heterocycles. The molecule has 6 heteroatoms. The zero-order valence-electron chi connectivity index (χ0n) is 8.49. The third-order valence-electron chi connectivity index (χ3n) is 2.11. The standard InChI is InChI=1S/C10H9N2O3S/c1-11-16(13,14)9-4-2-8(3-5-9)10-6-12-7-15-10/h2-7H,1H3/q-1. The van der Waals surface area contributed by atoms with Gasteiger partial charge in [0.1, 0.15) is 10.0 Å². The maximum Gasteiger partial charge on any atom is 0.181 e. The van der Waals surface area contributed by atoms with Gasteiger partial charge in [0.25, 0.3) is 0 Å². The van der Waals surface area contributed by atoms with Crippen LogP contribution in [0.25, 0.3) is 16.0 Å². The predicted octanol–water partition coefficient (Wildman–Crippen LogP) is 2.03. The van der Waals surface area contributed by atoms with Crippen molar-refractivity contribution in [3.63, 3.8) is 0 Å². The molecule has 0 N–H and O–H groups in total. The summed E-state index contributed by atoms with van der Waals surface area (Å²) in [6.07, 6.45) is 2.88. The fourth-order valence-corrected chi connectivity index (χ4v) is 1.95. The minimum absolute atomic E-state index is 0.165. The summed E-state index contributed by atoms with van der Waals surface area (Å²) >= 11 is 0. The summed E-state index contributed by atoms with van der Waals surface area (Å²) in [5.74, 6) is 0.595. The van der Waals surface area contributed by atoms with Crippen molar-refractivity contribution in [3.8, 4) is 11.3 Å². The van der Waals surface area contributed by atoms with Crippen LogP contribution in [-0.4, -0.2) is 20.4 Å². The predicted molar refractivity (Wildman–Crippen MR) is 58.4 cm³/mol. The Morgan fingerprint density at radius 3 is 2.44 bits per heavy atom. The van der Waals surface area contributed by atoms with E-state index in [-0.39, 0.29) is 4.90 Å². The first kappa shape index (κ1) is 10.8. The Labute approximate surface area is 93.2 Å². The van der Waals surface area contributed by atoms with Gasteiger partial charge in [-0.05, 0) is 24.3 Å². The number of sulfonamides is 1. The summed E-state index contributed by atoms with van der Waals surface area (Å²) in [7, 11) is -2.26. The lowest BCUT2D eigenvalue weighted by Crippen LogP contribution is -1.96. The van der Waals surface area contributed by atoms with Gasteiger partial charge in [-0.25, -0.2) is 13.4 Å². The fraction of sp³-hybridized carbons (Fsp3) is 0.100. The van der Waals surface area contributed by atoms with E-state index in [4.69, 9.17) is 4.42 Å². The van der Waals surface area contributed by atoms with Crippen molar-refractivity contribution >= 4 is 10.0 Å². The summed E-state index contributed by atoms with van der Waals surface area (Å²) in [4.78, 5) is 3.95. The first-order chi connectivity index (χ1) is 7.63. The lowest BCUT2D eigenvalue weighted by atomic mass is 10.2. The Kier molecular flexibility index (Phi) is 2.76. The van der Waals surface area contributed by atoms with Crippen LogP contribution in [0.3, 0.4) is 0 Å². The summed E-state index contributed by atoms with van der Waals surface area (Å²) in [6, 6.07) is 6.28. The molecule has 84 valence electrons. The highest BCUT2D eigenvalue weighted by Gasteiger charge is 2.05. The van der Waals surface area contributed by atoms with E-state index in [1.807, 2.05) is 0 Å². The van der Waals surface area contributed by atoms with Crippen LogP contribution in [0.15, 0.2) is 46.2 Å². The molecule has 0 unspecified atom stereocenters. The van der Waals surface area contributed by atoms with Gasteiger partial charge >= 0.3 is 0 Å². The van der Waals surface area contributed by atoms with Gasteiger partial charge in [-0.15, -0.1) is 0 Å². The highest BCUT2D eigenvalue weighted by Crippen LogP contribution is 2.22. The van der Waals surface area contributed by atoms with E-state index in [0.717, 1.165) is 5.56 Å². The van der Waals surface area contributed by atoms with Gasteiger partial charge in [0, 0.05) is 10.5 Å². The highest BCUT2D eigenvalue weighted by molar-refractivity contribution is 7.94. The normalized spacial score (nSPS) is 11.6. The number of aromatic nitrogens is 1. The minimum atomic E-state index is -3.51. The Hall–Kier alpha value is -1.66. The molecule has 5 nitrogen and oxygen atoms in total. The molecule has 1 aromatic carbocycles. The van der Waals surface area contributed by atoms with Crippen LogP contribution in [0.2, 0.25) is 0 Å². The van der Waals surface area contributed by atoms with Crippen molar-refractivity contribution in [2.24, 2.45) is 0 Å². The monoisotopic (exact) mass is 237 g/mol. The van der Waals surface area contributed by atoms with E-state index >= 15 is 0 Å². The van der Waals surface area contributed by atoms with Crippen LogP contribution in [0.5, 0.6) is 0 Å². The molecule has 0 saturated carbocycles. The number of hydrogen-bond donors (Lipinski definition) is 0. The van der Waals surface area contributed by atoms with E-state index in [0.29, 0.717) is 5.76 Å². The van der Waals surface area contributed by atoms with E-state index in [1.165, 1.54) is 25.6 Å². The molecular formula is C10H9N2O3S-. The molecule has 1 heterocycles. The number of hydrogen-bond acceptors (Lipinski definition) is 4. The molecular weight excluding hydrogens is 228 g/mol. The molecule has 0 amide bonds. The zero-order chi connectivity index (χ0) is 11.6. The molecule has 0 aliphatic rings. The Bertz CT molecular complexity index is 559. The van der Waals surface area contributed by atoms with Crippen molar-refractivity contribution in [2.75, 3.05) is 7.05 Å². The second-order valence-corrected chi connectivity index (χ2v) is 4.83. The van der Waals surface area contributed by atoms with Gasteiger partial charge < -0.3 is 9.14 Å². The number of nitrogens with zero attached hydrogens (tertiary/aromatic N) is 2. The summed E-state index contributed by atoms with van der Waals surface area (Å²) < 4.78 is 31.2. The van der Waals surface area contributed by atoms with Crippen molar-refractivity contribution < 1.29 is 12.8 Å². The molecule has 2 rings (SSSR count). The fourth-order valence-electron chi connectivity index (χ4n) is 1.25. The minimum Gasteiger partial charge on any atom is -0.547 e. The van der Waals surface area contributed by atoms with E-state index < -0.39 is 10.0 Å². The SMILES string of the molecule is C[N-]S(=O)(=O)c1ccc(-c2cnco2)cc1. The molecule has 0 bridgehead atoms. The largest absolute Gasteiger partial charge is 0.547 e. The lowest BCUT2D eigenvalue weighted by Gasteiger charge is -2.13. The van der Waals surface area contributed by atoms with Crippen molar-refractivity contribution in [1.82, 2.24) is 4.98 Å². The average molecular weight is 237 g/mol. The van der Waals surface area contributed by atoms with E-state index in [2.05, 4.69) is 9.71 Å². The van der Waals surface area contributed by atoms with Crippen LogP contribution in [0.1, 0.15) is 0 Å². The van der Waals surface area contributed by atoms with Crippen molar-refractivity contribution in [2.45, 2.75) is 4.90 Å². The number of benzene rings is 1. The highest BCUT2D eigenvalue weighted by atomic mass is 32.2. The number of oxazole rings is 1. The third kappa shape index (κ3) is 1.98. The molecule has 0 saturated heterocycles.